The summed E-state index contributed by atoms with van der Waals surface area (Å²) in [4.78, 5) is 18.0. The van der Waals surface area contributed by atoms with Crippen molar-refractivity contribution in [2.45, 2.75) is 70.0 Å². The fourth-order valence-corrected chi connectivity index (χ4v) is 6.87. The molecule has 1 aliphatic carbocycles. The molecule has 7 rings (SSSR count). The summed E-state index contributed by atoms with van der Waals surface area (Å²) in [6.45, 7) is 8.15. The number of amides is 1. The van der Waals surface area contributed by atoms with E-state index in [1.54, 1.807) is 12.1 Å². The van der Waals surface area contributed by atoms with Crippen LogP contribution in [-0.4, -0.2) is 62.0 Å². The summed E-state index contributed by atoms with van der Waals surface area (Å²) in [5.41, 5.74) is 2.32. The second-order valence-corrected chi connectivity index (χ2v) is 12.1. The number of aromatic nitrogens is 3. The summed E-state index contributed by atoms with van der Waals surface area (Å²) in [7, 11) is 0. The predicted octanol–water partition coefficient (Wildman–Crippen LogP) is 4.20. The van der Waals surface area contributed by atoms with E-state index in [0.717, 1.165) is 61.7 Å². The fourth-order valence-electron chi connectivity index (χ4n) is 6.87. The minimum atomic E-state index is -0.121. The molecule has 1 aromatic carbocycles. The highest BCUT2D eigenvalue weighted by Crippen LogP contribution is 2.49. The molecule has 9 nitrogen and oxygen atoms in total. The number of carbonyl (C=O) groups excluding carboxylic acids is 1. The quantitative estimate of drug-likeness (QED) is 0.522. The van der Waals surface area contributed by atoms with Crippen molar-refractivity contribution in [3.05, 3.63) is 47.7 Å². The first kappa shape index (κ1) is 23.5. The van der Waals surface area contributed by atoms with Gasteiger partial charge in [-0.2, -0.15) is 0 Å². The van der Waals surface area contributed by atoms with Gasteiger partial charge in [-0.05, 0) is 49.8 Å². The zero-order valence-corrected chi connectivity index (χ0v) is 22.1. The molecule has 0 radical (unpaired) electrons. The Bertz CT molecular complexity index is 1400. The Morgan fingerprint density at radius 3 is 2.68 bits per heavy atom. The Morgan fingerprint density at radius 1 is 1.13 bits per heavy atom. The van der Waals surface area contributed by atoms with Crippen LogP contribution in [0.15, 0.2) is 40.9 Å². The van der Waals surface area contributed by atoms with Crippen molar-refractivity contribution in [2.75, 3.05) is 23.3 Å². The number of benzene rings is 1. The van der Waals surface area contributed by atoms with Crippen molar-refractivity contribution >= 4 is 17.5 Å². The fraction of sp³-hybridized carbons (Fsp3) is 0.517. The van der Waals surface area contributed by atoms with Crippen molar-refractivity contribution in [1.29, 1.82) is 0 Å². The topological polar surface area (TPSA) is 108 Å². The Balaban J connectivity index is 0.975. The van der Waals surface area contributed by atoms with Crippen molar-refractivity contribution in [3.8, 4) is 17.0 Å². The minimum Gasteiger partial charge on any atom is -0.507 e. The number of piperazine rings is 1. The number of hydrogen-bond donors (Lipinski definition) is 2. The van der Waals surface area contributed by atoms with Crippen molar-refractivity contribution in [3.63, 3.8) is 0 Å². The molecule has 4 aliphatic rings. The van der Waals surface area contributed by atoms with Crippen molar-refractivity contribution in [1.82, 2.24) is 20.3 Å². The van der Waals surface area contributed by atoms with Gasteiger partial charge in [0.15, 0.2) is 11.6 Å². The largest absolute Gasteiger partial charge is 0.507 e. The highest BCUT2D eigenvalue weighted by atomic mass is 16.5. The maximum absolute atomic E-state index is 13.5. The SMILES string of the molecule is CC(C)[C@@H](C)c1cc(N2C[C@H]3C[C@@H]2CN3C(=O)C2CC3(Cc4cc(-c5ccccc5O)nnc4N3)C2)no1. The van der Waals surface area contributed by atoms with Gasteiger partial charge in [0, 0.05) is 47.7 Å². The number of carbonyl (C=O) groups is 1. The number of anilines is 2. The molecule has 38 heavy (non-hydrogen) atoms. The molecule has 1 spiro atoms. The molecule has 5 heterocycles. The Labute approximate surface area is 222 Å². The summed E-state index contributed by atoms with van der Waals surface area (Å²) >= 11 is 0. The Kier molecular flexibility index (Phi) is 5.22. The van der Waals surface area contributed by atoms with E-state index in [0.29, 0.717) is 29.1 Å². The van der Waals surface area contributed by atoms with E-state index in [-0.39, 0.29) is 29.2 Å². The molecule has 0 unspecified atom stereocenters. The molecule has 2 N–H and O–H groups in total. The standard InChI is InChI=1S/C29H34N6O3/c1-16(2)17(3)25-10-26(33-38-25)34-14-21-9-20(34)15-35(21)28(37)19-12-29(13-19)11-18-8-23(31-32-27(18)30-29)22-6-4-5-7-24(22)36/h4-8,10,16-17,19-21,36H,9,11-15H2,1-3H3,(H,30,32)/t17-,19?,20-,21-,29?/m1/s1. The molecule has 3 aromatic rings. The number of aromatic hydroxyl groups is 1. The highest BCUT2D eigenvalue weighted by Gasteiger charge is 2.55. The van der Waals surface area contributed by atoms with Gasteiger partial charge in [-0.1, -0.05) is 38.1 Å². The van der Waals surface area contributed by atoms with E-state index < -0.39 is 0 Å². The second kappa shape index (κ2) is 8.44. The number of nitrogens with zero attached hydrogens (tertiary/aromatic N) is 5. The van der Waals surface area contributed by atoms with Gasteiger partial charge in [0.1, 0.15) is 11.5 Å². The lowest BCUT2D eigenvalue weighted by molar-refractivity contribution is -0.141. The first-order chi connectivity index (χ1) is 18.3. The van der Waals surface area contributed by atoms with E-state index in [2.05, 4.69) is 57.3 Å². The first-order valence-electron chi connectivity index (χ1n) is 13.8. The number of fused-ring (bicyclic) bond motifs is 3. The van der Waals surface area contributed by atoms with Crippen molar-refractivity contribution in [2.24, 2.45) is 11.8 Å². The van der Waals surface area contributed by atoms with E-state index >= 15 is 0 Å². The lowest BCUT2D eigenvalue weighted by atomic mass is 9.66. The normalized spacial score (nSPS) is 28.1. The summed E-state index contributed by atoms with van der Waals surface area (Å²) in [6, 6.07) is 11.8. The average Bonchev–Trinajstić information content (AvgIpc) is 3.68. The molecule has 9 heteroatoms. The van der Waals surface area contributed by atoms with Crippen LogP contribution in [0.3, 0.4) is 0 Å². The molecular formula is C29H34N6O3. The molecule has 3 atom stereocenters. The molecule has 198 valence electrons. The lowest BCUT2D eigenvalue weighted by Crippen LogP contribution is -2.57. The summed E-state index contributed by atoms with van der Waals surface area (Å²) < 4.78 is 5.66. The molecule has 1 amide bonds. The van der Waals surface area contributed by atoms with Crippen LogP contribution in [0.2, 0.25) is 0 Å². The lowest BCUT2D eigenvalue weighted by Gasteiger charge is -2.47. The van der Waals surface area contributed by atoms with Crippen LogP contribution in [0.25, 0.3) is 11.3 Å². The molecule has 1 saturated carbocycles. The number of phenolic OH excluding ortho intramolecular Hbond substituents is 1. The third-order valence-electron chi connectivity index (χ3n) is 9.37. The molecule has 3 aliphatic heterocycles. The first-order valence-corrected chi connectivity index (χ1v) is 13.8. The van der Waals surface area contributed by atoms with E-state index in [9.17, 15) is 9.90 Å². The predicted molar refractivity (Wildman–Crippen MR) is 143 cm³/mol. The van der Waals surface area contributed by atoms with Crippen LogP contribution in [0, 0.1) is 11.8 Å². The van der Waals surface area contributed by atoms with Gasteiger partial charge < -0.3 is 24.7 Å². The third-order valence-corrected chi connectivity index (χ3v) is 9.37. The summed E-state index contributed by atoms with van der Waals surface area (Å²) in [6.07, 6.45) is 3.45. The highest BCUT2D eigenvalue weighted by molar-refractivity contribution is 5.82. The van der Waals surface area contributed by atoms with Gasteiger partial charge in [0.25, 0.3) is 0 Å². The molecule has 3 fully saturated rings. The molecule has 2 saturated heterocycles. The Morgan fingerprint density at radius 2 is 1.95 bits per heavy atom. The summed E-state index contributed by atoms with van der Waals surface area (Å²) in [5.74, 6) is 4.00. The maximum atomic E-state index is 13.5. The summed E-state index contributed by atoms with van der Waals surface area (Å²) in [5, 5.41) is 26.9. The zero-order chi connectivity index (χ0) is 26.2. The second-order valence-electron chi connectivity index (χ2n) is 12.1. The van der Waals surface area contributed by atoms with Crippen LogP contribution in [0.1, 0.15) is 57.3 Å². The third kappa shape index (κ3) is 3.66. The van der Waals surface area contributed by atoms with Gasteiger partial charge in [-0.25, -0.2) is 0 Å². The molecule has 2 aromatic heterocycles. The van der Waals surface area contributed by atoms with E-state index in [1.807, 2.05) is 18.2 Å². The van der Waals surface area contributed by atoms with E-state index in [1.165, 1.54) is 0 Å². The maximum Gasteiger partial charge on any atom is 0.226 e. The van der Waals surface area contributed by atoms with Crippen LogP contribution in [0.5, 0.6) is 5.75 Å². The Hall–Kier alpha value is -3.62. The van der Waals surface area contributed by atoms with E-state index in [4.69, 9.17) is 4.52 Å². The smallest absolute Gasteiger partial charge is 0.226 e. The average molecular weight is 515 g/mol. The van der Waals surface area contributed by atoms with Gasteiger partial charge in [0.05, 0.1) is 17.8 Å². The minimum absolute atomic E-state index is 0.0424. The number of likely N-dealkylation sites (tertiary alicyclic amines) is 1. The van der Waals surface area contributed by atoms with Crippen LogP contribution < -0.4 is 10.2 Å². The van der Waals surface area contributed by atoms with Gasteiger partial charge in [0.2, 0.25) is 5.91 Å². The molecular weight excluding hydrogens is 480 g/mol. The van der Waals surface area contributed by atoms with Gasteiger partial charge in [-0.15, -0.1) is 10.2 Å². The van der Waals surface area contributed by atoms with Crippen LogP contribution in [0.4, 0.5) is 11.6 Å². The number of phenols is 1. The number of para-hydroxylation sites is 1. The van der Waals surface area contributed by atoms with Gasteiger partial charge in [-0.3, -0.25) is 4.79 Å². The monoisotopic (exact) mass is 514 g/mol. The number of hydrogen-bond acceptors (Lipinski definition) is 8. The number of rotatable bonds is 5. The van der Waals surface area contributed by atoms with Crippen LogP contribution in [-0.2, 0) is 11.2 Å². The molecule has 2 bridgehead atoms. The van der Waals surface area contributed by atoms with Crippen LogP contribution >= 0.6 is 0 Å². The van der Waals surface area contributed by atoms with Gasteiger partial charge >= 0.3 is 0 Å². The number of nitrogens with one attached hydrogen (secondary N) is 1. The zero-order valence-electron chi connectivity index (χ0n) is 22.1. The van der Waals surface area contributed by atoms with Crippen molar-refractivity contribution < 1.29 is 14.4 Å².